The highest BCUT2D eigenvalue weighted by Gasteiger charge is 2.19. The van der Waals surface area contributed by atoms with Gasteiger partial charge < -0.3 is 15.4 Å². The summed E-state index contributed by atoms with van der Waals surface area (Å²) in [4.78, 5) is 11.2. The molecule has 1 aliphatic rings. The van der Waals surface area contributed by atoms with Gasteiger partial charge in [0.05, 0.1) is 6.10 Å². The molecule has 2 N–H and O–H groups in total. The molecule has 1 saturated heterocycles. The zero-order valence-corrected chi connectivity index (χ0v) is 12.9. The third-order valence-electron chi connectivity index (χ3n) is 3.79. The summed E-state index contributed by atoms with van der Waals surface area (Å²) in [6, 6.07) is 0. The molecule has 20 heavy (non-hydrogen) atoms. The van der Waals surface area contributed by atoms with E-state index in [9.17, 15) is 0 Å². The van der Waals surface area contributed by atoms with Crippen molar-refractivity contribution in [1.82, 2.24) is 9.97 Å². The maximum atomic E-state index is 6.01. The molecule has 2 heterocycles. The molecule has 5 heteroatoms. The molecular weight excluding hydrogens is 252 g/mol. The number of nitrogens with zero attached hydrogens (tertiary/aromatic N) is 3. The number of ether oxygens (including phenoxy) is 1. The van der Waals surface area contributed by atoms with Gasteiger partial charge >= 0.3 is 0 Å². The van der Waals surface area contributed by atoms with E-state index in [0.717, 1.165) is 49.6 Å². The highest BCUT2D eigenvalue weighted by molar-refractivity contribution is 5.56. The standard InChI is InChI=1S/C15H26N4O/c1-4-7-13-17-14(16)11(2)15(18-13)19(3)10-12-8-5-6-9-20-12/h12H,4-10H2,1-3H3,(H2,16,17,18). The predicted octanol–water partition coefficient (Wildman–Crippen LogP) is 2.33. The van der Waals surface area contributed by atoms with Gasteiger partial charge in [-0.25, -0.2) is 9.97 Å². The molecule has 5 nitrogen and oxygen atoms in total. The van der Waals surface area contributed by atoms with Gasteiger partial charge in [0, 0.05) is 32.2 Å². The van der Waals surface area contributed by atoms with Crippen LogP contribution >= 0.6 is 0 Å². The van der Waals surface area contributed by atoms with E-state index in [1.54, 1.807) is 0 Å². The molecule has 1 atom stereocenters. The third-order valence-corrected chi connectivity index (χ3v) is 3.79. The van der Waals surface area contributed by atoms with Crippen LogP contribution in [-0.4, -0.2) is 36.3 Å². The van der Waals surface area contributed by atoms with Crippen LogP contribution in [0.5, 0.6) is 0 Å². The molecule has 0 aliphatic carbocycles. The molecule has 0 radical (unpaired) electrons. The van der Waals surface area contributed by atoms with Crippen molar-refractivity contribution < 1.29 is 4.74 Å². The Morgan fingerprint density at radius 3 is 2.80 bits per heavy atom. The molecule has 1 unspecified atom stereocenters. The van der Waals surface area contributed by atoms with Gasteiger partial charge in [-0.15, -0.1) is 0 Å². The predicted molar refractivity (Wildman–Crippen MR) is 82.0 cm³/mol. The number of rotatable bonds is 5. The van der Waals surface area contributed by atoms with Crippen molar-refractivity contribution in [3.63, 3.8) is 0 Å². The summed E-state index contributed by atoms with van der Waals surface area (Å²) in [5.41, 5.74) is 6.97. The molecule has 0 spiro atoms. The van der Waals surface area contributed by atoms with Crippen LogP contribution in [0.25, 0.3) is 0 Å². The van der Waals surface area contributed by atoms with Crippen LogP contribution in [0.15, 0.2) is 0 Å². The first-order valence-corrected chi connectivity index (χ1v) is 7.57. The number of aromatic nitrogens is 2. The van der Waals surface area contributed by atoms with Crippen LogP contribution in [0, 0.1) is 6.92 Å². The minimum Gasteiger partial charge on any atom is -0.383 e. The van der Waals surface area contributed by atoms with Crippen LogP contribution in [0.1, 0.15) is 44.0 Å². The Balaban J connectivity index is 2.12. The molecule has 1 aromatic heterocycles. The van der Waals surface area contributed by atoms with Crippen molar-refractivity contribution in [2.45, 2.75) is 52.1 Å². The quantitative estimate of drug-likeness (QED) is 0.895. The summed E-state index contributed by atoms with van der Waals surface area (Å²) in [5.74, 6) is 2.37. The van der Waals surface area contributed by atoms with Gasteiger partial charge in [0.15, 0.2) is 0 Å². The lowest BCUT2D eigenvalue weighted by Gasteiger charge is -2.29. The summed E-state index contributed by atoms with van der Waals surface area (Å²) in [7, 11) is 2.06. The monoisotopic (exact) mass is 278 g/mol. The van der Waals surface area contributed by atoms with E-state index in [4.69, 9.17) is 10.5 Å². The number of nitrogens with two attached hydrogens (primary N) is 1. The number of anilines is 2. The van der Waals surface area contributed by atoms with E-state index in [1.165, 1.54) is 12.8 Å². The average molecular weight is 278 g/mol. The zero-order valence-electron chi connectivity index (χ0n) is 12.9. The summed E-state index contributed by atoms with van der Waals surface area (Å²) in [6.07, 6.45) is 5.76. The zero-order chi connectivity index (χ0) is 14.5. The Kier molecular flexibility index (Phi) is 5.17. The summed E-state index contributed by atoms with van der Waals surface area (Å²) < 4.78 is 5.80. The maximum Gasteiger partial charge on any atom is 0.137 e. The Bertz CT molecular complexity index is 444. The fourth-order valence-electron chi connectivity index (χ4n) is 2.62. The Hall–Kier alpha value is -1.36. The lowest BCUT2D eigenvalue weighted by molar-refractivity contribution is 0.0215. The second-order valence-corrected chi connectivity index (χ2v) is 5.59. The van der Waals surface area contributed by atoms with Crippen LogP contribution in [-0.2, 0) is 11.2 Å². The number of nitrogen functional groups attached to an aromatic ring is 1. The first-order valence-electron chi connectivity index (χ1n) is 7.57. The lowest BCUT2D eigenvalue weighted by atomic mass is 10.1. The molecule has 0 saturated carbocycles. The number of aryl methyl sites for hydroxylation is 1. The van der Waals surface area contributed by atoms with E-state index in [2.05, 4.69) is 28.8 Å². The Morgan fingerprint density at radius 1 is 1.35 bits per heavy atom. The van der Waals surface area contributed by atoms with Gasteiger partial charge in [-0.05, 0) is 32.6 Å². The maximum absolute atomic E-state index is 6.01. The summed E-state index contributed by atoms with van der Waals surface area (Å²) >= 11 is 0. The van der Waals surface area contributed by atoms with Gasteiger partial charge in [-0.2, -0.15) is 0 Å². The molecule has 0 amide bonds. The van der Waals surface area contributed by atoms with Gasteiger partial charge in [-0.1, -0.05) is 6.92 Å². The highest BCUT2D eigenvalue weighted by Crippen LogP contribution is 2.23. The molecule has 112 valence electrons. The second kappa shape index (κ2) is 6.88. The van der Waals surface area contributed by atoms with Gasteiger partial charge in [0.2, 0.25) is 0 Å². The molecule has 0 aromatic carbocycles. The third kappa shape index (κ3) is 3.60. The molecule has 1 aromatic rings. The van der Waals surface area contributed by atoms with E-state index < -0.39 is 0 Å². The van der Waals surface area contributed by atoms with Gasteiger partial charge in [0.25, 0.3) is 0 Å². The molecule has 2 rings (SSSR count). The molecule has 1 fully saturated rings. The number of likely N-dealkylation sites (N-methyl/N-ethyl adjacent to an activating group) is 1. The minimum absolute atomic E-state index is 0.305. The van der Waals surface area contributed by atoms with Gasteiger partial charge in [0.1, 0.15) is 17.5 Å². The van der Waals surface area contributed by atoms with Crippen LogP contribution in [0.2, 0.25) is 0 Å². The van der Waals surface area contributed by atoms with Crippen LogP contribution in [0.3, 0.4) is 0 Å². The van der Waals surface area contributed by atoms with E-state index >= 15 is 0 Å². The molecular formula is C15H26N4O. The largest absolute Gasteiger partial charge is 0.383 e. The summed E-state index contributed by atoms with van der Waals surface area (Å²) in [5, 5.41) is 0. The first kappa shape index (κ1) is 15.0. The first-order chi connectivity index (χ1) is 9.61. The summed E-state index contributed by atoms with van der Waals surface area (Å²) in [6.45, 7) is 5.85. The Morgan fingerprint density at radius 2 is 2.15 bits per heavy atom. The normalized spacial score (nSPS) is 19.1. The lowest BCUT2D eigenvalue weighted by Crippen LogP contribution is -2.34. The van der Waals surface area contributed by atoms with Crippen molar-refractivity contribution >= 4 is 11.6 Å². The topological polar surface area (TPSA) is 64.3 Å². The number of hydrogen-bond acceptors (Lipinski definition) is 5. The van der Waals surface area contributed by atoms with Crippen LogP contribution < -0.4 is 10.6 Å². The Labute approximate surface area is 121 Å². The van der Waals surface area contributed by atoms with E-state index in [0.29, 0.717) is 11.9 Å². The minimum atomic E-state index is 0.305. The number of hydrogen-bond donors (Lipinski definition) is 1. The fourth-order valence-corrected chi connectivity index (χ4v) is 2.62. The SMILES string of the molecule is CCCc1nc(N)c(C)c(N(C)CC2CCCCO2)n1. The van der Waals surface area contributed by atoms with Crippen molar-refractivity contribution in [2.75, 3.05) is 30.8 Å². The highest BCUT2D eigenvalue weighted by atomic mass is 16.5. The van der Waals surface area contributed by atoms with Crippen molar-refractivity contribution in [3.8, 4) is 0 Å². The van der Waals surface area contributed by atoms with E-state index in [1.807, 2.05) is 6.92 Å². The van der Waals surface area contributed by atoms with Gasteiger partial charge in [-0.3, -0.25) is 0 Å². The van der Waals surface area contributed by atoms with Crippen molar-refractivity contribution in [2.24, 2.45) is 0 Å². The van der Waals surface area contributed by atoms with Crippen LogP contribution in [0.4, 0.5) is 11.6 Å². The van der Waals surface area contributed by atoms with E-state index in [-0.39, 0.29) is 0 Å². The average Bonchev–Trinajstić information content (AvgIpc) is 2.44. The van der Waals surface area contributed by atoms with Crippen molar-refractivity contribution in [3.05, 3.63) is 11.4 Å². The second-order valence-electron chi connectivity index (χ2n) is 5.59. The smallest absolute Gasteiger partial charge is 0.137 e. The molecule has 1 aliphatic heterocycles. The fraction of sp³-hybridized carbons (Fsp3) is 0.733. The molecule has 0 bridgehead atoms. The van der Waals surface area contributed by atoms with Crippen molar-refractivity contribution in [1.29, 1.82) is 0 Å².